The van der Waals surface area contributed by atoms with E-state index in [0.29, 0.717) is 11.3 Å². The van der Waals surface area contributed by atoms with Crippen LogP contribution in [-0.4, -0.2) is 41.6 Å². The third-order valence-electron chi connectivity index (χ3n) is 3.49. The van der Waals surface area contributed by atoms with Gasteiger partial charge in [-0.1, -0.05) is 5.92 Å². The van der Waals surface area contributed by atoms with Gasteiger partial charge in [0.2, 0.25) is 0 Å². The van der Waals surface area contributed by atoms with Gasteiger partial charge < -0.3 is 9.64 Å². The van der Waals surface area contributed by atoms with Crippen molar-refractivity contribution < 1.29 is 27.5 Å². The van der Waals surface area contributed by atoms with E-state index in [1.54, 1.807) is 0 Å². The van der Waals surface area contributed by atoms with Crippen molar-refractivity contribution in [1.29, 1.82) is 0 Å². The highest BCUT2D eigenvalue weighted by Gasteiger charge is 2.48. The smallest absolute Gasteiger partial charge is 0.447 e. The van der Waals surface area contributed by atoms with Crippen molar-refractivity contribution >= 4 is 11.9 Å². The fourth-order valence-corrected chi connectivity index (χ4v) is 2.29. The molecule has 0 aromatic rings. The Morgan fingerprint density at radius 1 is 1.30 bits per heavy atom. The summed E-state index contributed by atoms with van der Waals surface area (Å²) in [6, 6.07) is -1.18. The van der Waals surface area contributed by atoms with E-state index in [1.165, 1.54) is 0 Å². The number of hydrogen-bond acceptors (Lipinski definition) is 3. The molecule has 1 aliphatic heterocycles. The van der Waals surface area contributed by atoms with Crippen LogP contribution in [0, 0.1) is 18.3 Å². The molecule has 1 saturated heterocycles. The molecule has 0 N–H and O–H groups in total. The molecule has 1 saturated carbocycles. The first kappa shape index (κ1) is 14.7. The molecule has 110 valence electrons. The van der Waals surface area contributed by atoms with Crippen LogP contribution in [0.5, 0.6) is 0 Å². The first-order valence-corrected chi connectivity index (χ1v) is 6.39. The number of amides is 1. The fraction of sp³-hybridized carbons (Fsp3) is 0.692. The topological polar surface area (TPSA) is 46.6 Å². The number of alkyl halides is 3. The summed E-state index contributed by atoms with van der Waals surface area (Å²) < 4.78 is 42.4. The van der Waals surface area contributed by atoms with Crippen LogP contribution in [0.1, 0.15) is 25.7 Å². The van der Waals surface area contributed by atoms with Crippen LogP contribution in [0.2, 0.25) is 0 Å². The van der Waals surface area contributed by atoms with Crippen LogP contribution in [0.15, 0.2) is 0 Å². The molecular formula is C13H14F3NO3. The minimum atomic E-state index is -4.98. The van der Waals surface area contributed by atoms with Gasteiger partial charge in [-0.15, -0.1) is 6.42 Å². The van der Waals surface area contributed by atoms with Crippen molar-refractivity contribution in [2.45, 2.75) is 44.0 Å². The zero-order valence-electron chi connectivity index (χ0n) is 10.7. The molecule has 2 rings (SSSR count). The van der Waals surface area contributed by atoms with Crippen molar-refractivity contribution in [2.75, 3.05) is 6.54 Å². The maximum atomic E-state index is 12.4. The number of ether oxygens (including phenoxy) is 1. The van der Waals surface area contributed by atoms with Gasteiger partial charge >= 0.3 is 18.1 Å². The summed E-state index contributed by atoms with van der Waals surface area (Å²) in [7, 11) is 0. The summed E-state index contributed by atoms with van der Waals surface area (Å²) in [5.41, 5.74) is 0. The molecule has 0 radical (unpaired) electrons. The van der Waals surface area contributed by atoms with E-state index in [-0.39, 0.29) is 18.9 Å². The Kier molecular flexibility index (Phi) is 3.93. The third-order valence-corrected chi connectivity index (χ3v) is 3.49. The summed E-state index contributed by atoms with van der Waals surface area (Å²) in [6.45, 7) is -0.0950. The van der Waals surface area contributed by atoms with Gasteiger partial charge in [0.05, 0.1) is 0 Å². The maximum Gasteiger partial charge on any atom is 0.471 e. The van der Waals surface area contributed by atoms with Crippen LogP contribution in [-0.2, 0) is 14.3 Å². The Morgan fingerprint density at radius 3 is 2.45 bits per heavy atom. The van der Waals surface area contributed by atoms with Crippen molar-refractivity contribution in [3.8, 4) is 12.3 Å². The molecule has 0 unspecified atom stereocenters. The number of carbonyl (C=O) groups excluding carboxylic acids is 2. The normalized spacial score (nSPS) is 24.1. The molecule has 4 nitrogen and oxygen atoms in total. The Labute approximate surface area is 114 Å². The van der Waals surface area contributed by atoms with E-state index < -0.39 is 30.2 Å². The zero-order valence-corrected chi connectivity index (χ0v) is 10.7. The van der Waals surface area contributed by atoms with E-state index in [2.05, 4.69) is 5.92 Å². The molecule has 2 atom stereocenters. The summed E-state index contributed by atoms with van der Waals surface area (Å²) in [6.07, 6.45) is 1.75. The number of likely N-dealkylation sites (tertiary alicyclic amines) is 1. The molecule has 0 bridgehead atoms. The van der Waals surface area contributed by atoms with Gasteiger partial charge in [-0.25, -0.2) is 4.79 Å². The van der Waals surface area contributed by atoms with E-state index in [1.807, 2.05) is 0 Å². The summed E-state index contributed by atoms with van der Waals surface area (Å²) in [5, 5.41) is 0. The van der Waals surface area contributed by atoms with Crippen molar-refractivity contribution in [1.82, 2.24) is 4.90 Å². The van der Waals surface area contributed by atoms with Crippen LogP contribution >= 0.6 is 0 Å². The number of halogens is 3. The van der Waals surface area contributed by atoms with Crippen LogP contribution in [0.4, 0.5) is 13.2 Å². The molecule has 20 heavy (non-hydrogen) atoms. The summed E-state index contributed by atoms with van der Waals surface area (Å²) in [4.78, 5) is 23.7. The first-order valence-electron chi connectivity index (χ1n) is 6.39. The van der Waals surface area contributed by atoms with E-state index in [0.717, 1.165) is 12.8 Å². The molecule has 7 heteroatoms. The minimum Gasteiger partial charge on any atom is -0.447 e. The first-order chi connectivity index (χ1) is 9.34. The molecule has 0 spiro atoms. The molecule has 1 aliphatic carbocycles. The lowest BCUT2D eigenvalue weighted by Gasteiger charge is -2.25. The maximum absolute atomic E-state index is 12.4. The Hall–Kier alpha value is -1.71. The van der Waals surface area contributed by atoms with Gasteiger partial charge in [0, 0.05) is 12.5 Å². The lowest BCUT2D eigenvalue weighted by molar-refractivity contribution is -0.188. The van der Waals surface area contributed by atoms with Crippen molar-refractivity contribution in [3.05, 3.63) is 0 Å². The zero-order chi connectivity index (χ0) is 14.9. The third kappa shape index (κ3) is 3.06. The average Bonchev–Trinajstić information content (AvgIpc) is 3.10. The molecular weight excluding hydrogens is 275 g/mol. The second-order valence-electron chi connectivity index (χ2n) is 5.02. The van der Waals surface area contributed by atoms with E-state index in [9.17, 15) is 22.8 Å². The van der Waals surface area contributed by atoms with Gasteiger partial charge in [-0.3, -0.25) is 4.79 Å². The molecule has 2 fully saturated rings. The second kappa shape index (κ2) is 5.35. The molecule has 0 aromatic heterocycles. The Bertz CT molecular complexity index is 451. The predicted molar refractivity (Wildman–Crippen MR) is 62.2 cm³/mol. The largest absolute Gasteiger partial charge is 0.471 e. The number of rotatable bonds is 3. The van der Waals surface area contributed by atoms with Gasteiger partial charge in [-0.2, -0.15) is 13.2 Å². The van der Waals surface area contributed by atoms with Crippen LogP contribution < -0.4 is 0 Å². The molecule has 2 aliphatic rings. The van der Waals surface area contributed by atoms with E-state index in [4.69, 9.17) is 11.2 Å². The number of esters is 1. The van der Waals surface area contributed by atoms with Crippen LogP contribution in [0.3, 0.4) is 0 Å². The van der Waals surface area contributed by atoms with Gasteiger partial charge in [0.25, 0.3) is 0 Å². The standard InChI is InChI=1S/C13H14F3NO3/c1-2-10(8-5-6-8)20-11(18)9-4-3-7-17(9)12(19)13(14,15)16/h1,8-10H,3-7H2/t9-,10+/m1/s1. The number of terminal acetylenes is 1. The highest BCUT2D eigenvalue weighted by Crippen LogP contribution is 2.35. The lowest BCUT2D eigenvalue weighted by Crippen LogP contribution is -2.48. The lowest BCUT2D eigenvalue weighted by atomic mass is 10.2. The Morgan fingerprint density at radius 2 is 1.95 bits per heavy atom. The monoisotopic (exact) mass is 289 g/mol. The highest BCUT2D eigenvalue weighted by molar-refractivity contribution is 5.88. The van der Waals surface area contributed by atoms with Gasteiger partial charge in [0.1, 0.15) is 6.04 Å². The molecule has 1 amide bonds. The quantitative estimate of drug-likeness (QED) is 0.584. The number of hydrogen-bond donors (Lipinski definition) is 0. The fourth-order valence-electron chi connectivity index (χ4n) is 2.29. The van der Waals surface area contributed by atoms with Gasteiger partial charge in [-0.05, 0) is 25.7 Å². The number of carbonyl (C=O) groups is 2. The van der Waals surface area contributed by atoms with Crippen molar-refractivity contribution in [3.63, 3.8) is 0 Å². The Balaban J connectivity index is 2.01. The second-order valence-corrected chi connectivity index (χ2v) is 5.02. The summed E-state index contributed by atoms with van der Waals surface area (Å²) >= 11 is 0. The predicted octanol–water partition coefficient (Wildman–Crippen LogP) is 1.49. The minimum absolute atomic E-state index is 0.0946. The van der Waals surface area contributed by atoms with E-state index >= 15 is 0 Å². The van der Waals surface area contributed by atoms with Crippen molar-refractivity contribution in [2.24, 2.45) is 5.92 Å². The summed E-state index contributed by atoms with van der Waals surface area (Å²) in [5.74, 6) is -0.419. The number of nitrogens with zero attached hydrogens (tertiary/aromatic N) is 1. The SMILES string of the molecule is C#C[C@H](OC(=O)[C@H]1CCCN1C(=O)C(F)(F)F)C1CC1. The molecule has 0 aromatic carbocycles. The average molecular weight is 289 g/mol. The molecule has 1 heterocycles. The highest BCUT2D eigenvalue weighted by atomic mass is 19.4. The van der Waals surface area contributed by atoms with Crippen LogP contribution in [0.25, 0.3) is 0 Å². The van der Waals surface area contributed by atoms with Gasteiger partial charge in [0.15, 0.2) is 6.10 Å².